The van der Waals surface area contributed by atoms with Gasteiger partial charge in [0.25, 0.3) is 0 Å². The number of nitrogens with zero attached hydrogens (tertiary/aromatic N) is 3. The lowest BCUT2D eigenvalue weighted by Gasteiger charge is -2.04. The molecule has 0 saturated heterocycles. The Morgan fingerprint density at radius 3 is 2.68 bits per heavy atom. The Morgan fingerprint density at radius 1 is 1.13 bits per heavy atom. The highest BCUT2D eigenvalue weighted by Gasteiger charge is 2.15. The molecule has 0 aliphatic rings. The Hall–Kier alpha value is -3.56. The van der Waals surface area contributed by atoms with Gasteiger partial charge < -0.3 is 18.6 Å². The number of carbonyl (C=O) groups is 2. The summed E-state index contributed by atoms with van der Waals surface area (Å²) >= 11 is 1.30. The number of fused-ring (bicyclic) bond motifs is 1. The molecule has 4 aromatic rings. The van der Waals surface area contributed by atoms with Gasteiger partial charge in [0.15, 0.2) is 16.3 Å². The lowest BCUT2D eigenvalue weighted by atomic mass is 10.1. The van der Waals surface area contributed by atoms with Gasteiger partial charge in [-0.05, 0) is 18.2 Å². The zero-order valence-corrected chi connectivity index (χ0v) is 17.7. The molecule has 0 saturated carbocycles. The number of esters is 1. The molecule has 0 radical (unpaired) electrons. The third kappa shape index (κ3) is 4.32. The zero-order valence-electron chi connectivity index (χ0n) is 16.9. The average Bonchev–Trinajstić information content (AvgIpc) is 3.42. The Bertz CT molecular complexity index is 1300. The van der Waals surface area contributed by atoms with Crippen LogP contribution in [0.1, 0.15) is 20.8 Å². The van der Waals surface area contributed by atoms with Crippen LogP contribution in [0.5, 0.6) is 0 Å². The van der Waals surface area contributed by atoms with Gasteiger partial charge in [-0.15, -0.1) is 0 Å². The molecule has 4 rings (SSSR count). The van der Waals surface area contributed by atoms with Crippen molar-refractivity contribution >= 4 is 33.4 Å². The van der Waals surface area contributed by atoms with E-state index in [9.17, 15) is 9.59 Å². The molecule has 2 aromatic carbocycles. The molecule has 0 aliphatic carbocycles. The van der Waals surface area contributed by atoms with Gasteiger partial charge in [-0.3, -0.25) is 4.79 Å². The third-order valence-electron chi connectivity index (χ3n) is 4.61. The van der Waals surface area contributed by atoms with Crippen molar-refractivity contribution in [3.63, 3.8) is 0 Å². The quantitative estimate of drug-likeness (QED) is 0.428. The predicted molar refractivity (Wildman–Crippen MR) is 115 cm³/mol. The van der Waals surface area contributed by atoms with Gasteiger partial charge in [0.2, 0.25) is 0 Å². The largest absolute Gasteiger partial charge is 0.465 e. The first-order chi connectivity index (χ1) is 15.1. The SMILES string of the molecule is COCCn1c(=NC(=O)c2cc(-c3ccccc3)on2)sc2cc(C(=O)OC)ccc21. The molecule has 0 aliphatic heterocycles. The van der Waals surface area contributed by atoms with Gasteiger partial charge in [0.05, 0.1) is 29.5 Å². The number of methoxy groups -OCH3 is 2. The fourth-order valence-corrected chi connectivity index (χ4v) is 4.15. The Labute approximate surface area is 181 Å². The Balaban J connectivity index is 1.74. The van der Waals surface area contributed by atoms with E-state index in [-0.39, 0.29) is 5.69 Å². The molecule has 2 heterocycles. The average molecular weight is 437 g/mol. The molecule has 0 N–H and O–H groups in total. The van der Waals surface area contributed by atoms with Crippen LogP contribution >= 0.6 is 11.3 Å². The molecule has 9 heteroatoms. The molecular formula is C22H19N3O5S. The maximum atomic E-state index is 12.8. The monoisotopic (exact) mass is 437 g/mol. The van der Waals surface area contributed by atoms with Crippen LogP contribution < -0.4 is 4.80 Å². The number of aromatic nitrogens is 2. The number of hydrogen-bond acceptors (Lipinski definition) is 7. The zero-order chi connectivity index (χ0) is 21.8. The summed E-state index contributed by atoms with van der Waals surface area (Å²) in [6.07, 6.45) is 0. The fourth-order valence-electron chi connectivity index (χ4n) is 3.06. The maximum absolute atomic E-state index is 12.8. The maximum Gasteiger partial charge on any atom is 0.337 e. The summed E-state index contributed by atoms with van der Waals surface area (Å²) in [5.41, 5.74) is 2.20. The summed E-state index contributed by atoms with van der Waals surface area (Å²) in [5.74, 6) is -0.452. The smallest absolute Gasteiger partial charge is 0.337 e. The van der Waals surface area contributed by atoms with Crippen molar-refractivity contribution in [2.24, 2.45) is 4.99 Å². The van der Waals surface area contributed by atoms with Crippen molar-refractivity contribution < 1.29 is 23.6 Å². The molecule has 1 amide bonds. The fraction of sp³-hybridized carbons (Fsp3) is 0.182. The van der Waals surface area contributed by atoms with E-state index in [1.807, 2.05) is 34.9 Å². The second-order valence-electron chi connectivity index (χ2n) is 6.56. The highest BCUT2D eigenvalue weighted by Crippen LogP contribution is 2.22. The van der Waals surface area contributed by atoms with Crippen molar-refractivity contribution in [2.75, 3.05) is 20.8 Å². The van der Waals surface area contributed by atoms with Crippen LogP contribution in [-0.2, 0) is 16.0 Å². The first kappa shape index (κ1) is 20.7. The first-order valence-corrected chi connectivity index (χ1v) is 10.2. The van der Waals surface area contributed by atoms with Crippen molar-refractivity contribution in [3.8, 4) is 11.3 Å². The topological polar surface area (TPSA) is 95.9 Å². The number of ether oxygens (including phenoxy) is 2. The summed E-state index contributed by atoms with van der Waals surface area (Å²) < 4.78 is 18.0. The van der Waals surface area contributed by atoms with Crippen LogP contribution in [0.4, 0.5) is 0 Å². The minimum Gasteiger partial charge on any atom is -0.465 e. The summed E-state index contributed by atoms with van der Waals surface area (Å²) in [6, 6.07) is 16.2. The molecule has 0 unspecified atom stereocenters. The summed E-state index contributed by atoms with van der Waals surface area (Å²) in [6.45, 7) is 0.933. The van der Waals surface area contributed by atoms with Crippen LogP contribution in [0.2, 0.25) is 0 Å². The van der Waals surface area contributed by atoms with Crippen LogP contribution in [0, 0.1) is 0 Å². The van der Waals surface area contributed by atoms with Crippen molar-refractivity contribution in [2.45, 2.75) is 6.54 Å². The normalized spacial score (nSPS) is 11.7. The number of amides is 1. The standard InChI is InChI=1S/C22H19N3O5S/c1-28-11-10-25-17-9-8-15(21(27)29-2)12-19(17)31-22(25)23-20(26)16-13-18(30-24-16)14-6-4-3-5-7-14/h3-9,12-13H,10-11H2,1-2H3. The van der Waals surface area contributed by atoms with E-state index in [4.69, 9.17) is 14.0 Å². The van der Waals surface area contributed by atoms with E-state index < -0.39 is 11.9 Å². The highest BCUT2D eigenvalue weighted by atomic mass is 32.1. The van der Waals surface area contributed by atoms with Gasteiger partial charge in [0.1, 0.15) is 0 Å². The minimum absolute atomic E-state index is 0.116. The highest BCUT2D eigenvalue weighted by molar-refractivity contribution is 7.16. The molecule has 0 spiro atoms. The van der Waals surface area contributed by atoms with E-state index >= 15 is 0 Å². The van der Waals surface area contributed by atoms with E-state index in [0.717, 1.165) is 15.8 Å². The lowest BCUT2D eigenvalue weighted by molar-refractivity contribution is 0.0600. The second kappa shape index (κ2) is 9.07. The molecule has 2 aromatic heterocycles. The van der Waals surface area contributed by atoms with Crippen LogP contribution in [-0.4, -0.2) is 42.4 Å². The number of rotatable bonds is 6. The summed E-state index contributed by atoms with van der Waals surface area (Å²) in [7, 11) is 2.94. The third-order valence-corrected chi connectivity index (χ3v) is 5.65. The molecule has 0 atom stereocenters. The number of hydrogen-bond donors (Lipinski definition) is 0. The predicted octanol–water partition coefficient (Wildman–Crippen LogP) is 3.53. The molecule has 0 bridgehead atoms. The first-order valence-electron chi connectivity index (χ1n) is 9.42. The van der Waals surface area contributed by atoms with Crippen LogP contribution in [0.3, 0.4) is 0 Å². The van der Waals surface area contributed by atoms with Crippen LogP contribution in [0.15, 0.2) is 64.1 Å². The Kier molecular flexibility index (Phi) is 6.06. The number of benzene rings is 2. The molecular weight excluding hydrogens is 418 g/mol. The van der Waals surface area contributed by atoms with Gasteiger partial charge in [-0.25, -0.2) is 4.79 Å². The molecule has 158 valence electrons. The number of thiazole rings is 1. The molecule has 0 fully saturated rings. The number of carbonyl (C=O) groups excluding carboxylic acids is 2. The Morgan fingerprint density at radius 2 is 1.94 bits per heavy atom. The summed E-state index contributed by atoms with van der Waals surface area (Å²) in [4.78, 5) is 29.4. The molecule has 8 nitrogen and oxygen atoms in total. The van der Waals surface area contributed by atoms with E-state index in [0.29, 0.717) is 29.3 Å². The van der Waals surface area contributed by atoms with Gasteiger partial charge in [-0.1, -0.05) is 46.8 Å². The lowest BCUT2D eigenvalue weighted by Crippen LogP contribution is -2.19. The van der Waals surface area contributed by atoms with E-state index in [1.165, 1.54) is 18.4 Å². The molecule has 31 heavy (non-hydrogen) atoms. The van der Waals surface area contributed by atoms with Gasteiger partial charge >= 0.3 is 11.9 Å². The van der Waals surface area contributed by atoms with Gasteiger partial charge in [-0.2, -0.15) is 4.99 Å². The van der Waals surface area contributed by atoms with E-state index in [2.05, 4.69) is 10.1 Å². The van der Waals surface area contributed by atoms with Crippen molar-refractivity contribution in [3.05, 3.63) is 70.7 Å². The van der Waals surface area contributed by atoms with Gasteiger partial charge in [0, 0.05) is 25.3 Å². The van der Waals surface area contributed by atoms with E-state index in [1.54, 1.807) is 31.4 Å². The summed E-state index contributed by atoms with van der Waals surface area (Å²) in [5, 5.41) is 3.87. The van der Waals surface area contributed by atoms with Crippen LogP contribution in [0.25, 0.3) is 21.5 Å². The van der Waals surface area contributed by atoms with Crippen molar-refractivity contribution in [1.29, 1.82) is 0 Å². The second-order valence-corrected chi connectivity index (χ2v) is 7.57. The van der Waals surface area contributed by atoms with Crippen molar-refractivity contribution in [1.82, 2.24) is 9.72 Å². The minimum atomic E-state index is -0.517.